The Morgan fingerprint density at radius 3 is 2.61 bits per heavy atom. The van der Waals surface area contributed by atoms with Crippen LogP contribution in [0.5, 0.6) is 0 Å². The molecular weight excluding hydrogens is 232 g/mol. The van der Waals surface area contributed by atoms with E-state index >= 15 is 0 Å². The zero-order valence-corrected chi connectivity index (χ0v) is 11.8. The molecule has 0 saturated carbocycles. The average Bonchev–Trinajstić information content (AvgIpc) is 2.27. The summed E-state index contributed by atoms with van der Waals surface area (Å²) in [5.41, 5.74) is -0.444. The summed E-state index contributed by atoms with van der Waals surface area (Å²) in [6.07, 6.45) is 1.98. The van der Waals surface area contributed by atoms with Crippen molar-refractivity contribution in [3.63, 3.8) is 0 Å². The van der Waals surface area contributed by atoms with E-state index in [1.807, 2.05) is 20.8 Å². The van der Waals surface area contributed by atoms with E-state index in [-0.39, 0.29) is 6.09 Å². The van der Waals surface area contributed by atoms with Crippen LogP contribution >= 0.6 is 0 Å². The maximum atomic E-state index is 11.3. The third-order valence-electron chi connectivity index (χ3n) is 2.73. The second-order valence-electron chi connectivity index (χ2n) is 5.70. The quantitative estimate of drug-likeness (QED) is 0.734. The van der Waals surface area contributed by atoms with Gasteiger partial charge in [0.05, 0.1) is 6.61 Å². The molecule has 18 heavy (non-hydrogen) atoms. The number of nitrogens with one attached hydrogen (secondary N) is 2. The zero-order valence-electron chi connectivity index (χ0n) is 11.8. The van der Waals surface area contributed by atoms with Crippen LogP contribution < -0.4 is 10.6 Å². The molecule has 1 heterocycles. The summed E-state index contributed by atoms with van der Waals surface area (Å²) in [7, 11) is 0. The zero-order chi connectivity index (χ0) is 13.4. The lowest BCUT2D eigenvalue weighted by molar-refractivity contribution is 0.0477. The molecule has 0 spiro atoms. The van der Waals surface area contributed by atoms with Crippen LogP contribution in [0.4, 0.5) is 4.79 Å². The maximum Gasteiger partial charge on any atom is 0.407 e. The van der Waals surface area contributed by atoms with Crippen LogP contribution in [0.2, 0.25) is 0 Å². The number of hydrogen-bond acceptors (Lipinski definition) is 4. The highest BCUT2D eigenvalue weighted by Gasteiger charge is 2.16. The Morgan fingerprint density at radius 2 is 2.00 bits per heavy atom. The summed E-state index contributed by atoms with van der Waals surface area (Å²) >= 11 is 0. The third kappa shape index (κ3) is 7.50. The molecule has 0 bridgehead atoms. The van der Waals surface area contributed by atoms with Gasteiger partial charge in [0.25, 0.3) is 0 Å². The fourth-order valence-electron chi connectivity index (χ4n) is 1.84. The predicted octanol–water partition coefficient (Wildman–Crippen LogP) is 1.53. The molecule has 0 unspecified atom stereocenters. The smallest absolute Gasteiger partial charge is 0.407 e. The molecule has 1 aliphatic heterocycles. The van der Waals surface area contributed by atoms with Crippen molar-refractivity contribution >= 4 is 6.09 Å². The van der Waals surface area contributed by atoms with Crippen molar-refractivity contribution in [2.24, 2.45) is 5.92 Å². The standard InChI is InChI=1S/C13H26N2O3/c1-13(2,3)18-12(16)15-8-9-17-10-11-4-6-14-7-5-11/h11,14H,4-10H2,1-3H3,(H,15,16). The first kappa shape index (κ1) is 15.2. The van der Waals surface area contributed by atoms with E-state index in [0.717, 1.165) is 19.7 Å². The maximum absolute atomic E-state index is 11.3. The summed E-state index contributed by atoms with van der Waals surface area (Å²) in [4.78, 5) is 11.3. The van der Waals surface area contributed by atoms with E-state index in [1.54, 1.807) is 0 Å². The number of carbonyl (C=O) groups excluding carboxylic acids is 1. The highest BCUT2D eigenvalue weighted by molar-refractivity contribution is 5.67. The van der Waals surface area contributed by atoms with Gasteiger partial charge in [-0.2, -0.15) is 0 Å². The third-order valence-corrected chi connectivity index (χ3v) is 2.73. The largest absolute Gasteiger partial charge is 0.444 e. The number of ether oxygens (including phenoxy) is 2. The fourth-order valence-corrected chi connectivity index (χ4v) is 1.84. The monoisotopic (exact) mass is 258 g/mol. The molecule has 0 aromatic heterocycles. The Balaban J connectivity index is 1.96. The van der Waals surface area contributed by atoms with Gasteiger partial charge in [-0.15, -0.1) is 0 Å². The Hall–Kier alpha value is -0.810. The van der Waals surface area contributed by atoms with E-state index in [9.17, 15) is 4.79 Å². The van der Waals surface area contributed by atoms with Crippen LogP contribution in [0.15, 0.2) is 0 Å². The first-order chi connectivity index (χ1) is 8.47. The highest BCUT2D eigenvalue weighted by atomic mass is 16.6. The highest BCUT2D eigenvalue weighted by Crippen LogP contribution is 2.11. The summed E-state index contributed by atoms with van der Waals surface area (Å²) in [5.74, 6) is 0.660. The minimum absolute atomic E-state index is 0.382. The van der Waals surface area contributed by atoms with Crippen molar-refractivity contribution in [3.8, 4) is 0 Å². The Morgan fingerprint density at radius 1 is 1.33 bits per heavy atom. The molecule has 1 rings (SSSR count). The van der Waals surface area contributed by atoms with Crippen LogP contribution in [0.1, 0.15) is 33.6 Å². The van der Waals surface area contributed by atoms with Crippen LogP contribution in [-0.2, 0) is 9.47 Å². The molecule has 0 aromatic carbocycles. The average molecular weight is 258 g/mol. The van der Waals surface area contributed by atoms with Gasteiger partial charge in [0.1, 0.15) is 5.60 Å². The number of alkyl carbamates (subject to hydrolysis) is 1. The molecular formula is C13H26N2O3. The van der Waals surface area contributed by atoms with Crippen molar-refractivity contribution in [3.05, 3.63) is 0 Å². The summed E-state index contributed by atoms with van der Waals surface area (Å²) in [6, 6.07) is 0. The summed E-state index contributed by atoms with van der Waals surface area (Å²) in [6.45, 7) is 9.55. The Kier molecular flexibility index (Phi) is 6.43. The molecule has 2 N–H and O–H groups in total. The van der Waals surface area contributed by atoms with E-state index < -0.39 is 5.60 Å². The van der Waals surface area contributed by atoms with Gasteiger partial charge < -0.3 is 20.1 Å². The molecule has 0 radical (unpaired) electrons. The molecule has 1 fully saturated rings. The van der Waals surface area contributed by atoms with Gasteiger partial charge in [0.2, 0.25) is 0 Å². The van der Waals surface area contributed by atoms with Crippen molar-refractivity contribution in [1.29, 1.82) is 0 Å². The topological polar surface area (TPSA) is 59.6 Å². The molecule has 1 saturated heterocycles. The SMILES string of the molecule is CC(C)(C)OC(=O)NCCOCC1CCNCC1. The minimum Gasteiger partial charge on any atom is -0.444 e. The number of piperidine rings is 1. The van der Waals surface area contributed by atoms with Gasteiger partial charge in [-0.25, -0.2) is 4.79 Å². The second-order valence-corrected chi connectivity index (χ2v) is 5.70. The lowest BCUT2D eigenvalue weighted by Gasteiger charge is -2.22. The van der Waals surface area contributed by atoms with Gasteiger partial charge >= 0.3 is 6.09 Å². The second kappa shape index (κ2) is 7.59. The Labute approximate surface area is 110 Å². The number of carbonyl (C=O) groups is 1. The molecule has 0 atom stereocenters. The molecule has 1 amide bonds. The van der Waals surface area contributed by atoms with Crippen LogP contribution in [0.25, 0.3) is 0 Å². The lowest BCUT2D eigenvalue weighted by Crippen LogP contribution is -2.35. The minimum atomic E-state index is -0.444. The molecule has 1 aliphatic rings. The fraction of sp³-hybridized carbons (Fsp3) is 0.923. The van der Waals surface area contributed by atoms with E-state index in [2.05, 4.69) is 10.6 Å². The molecule has 0 aromatic rings. The Bertz CT molecular complexity index is 245. The lowest BCUT2D eigenvalue weighted by atomic mass is 9.99. The van der Waals surface area contributed by atoms with Crippen LogP contribution in [0.3, 0.4) is 0 Å². The number of rotatable bonds is 5. The van der Waals surface area contributed by atoms with Crippen LogP contribution in [0, 0.1) is 5.92 Å². The summed E-state index contributed by atoms with van der Waals surface area (Å²) in [5, 5.41) is 6.00. The van der Waals surface area contributed by atoms with Gasteiger partial charge in [-0.3, -0.25) is 0 Å². The van der Waals surface area contributed by atoms with Crippen molar-refractivity contribution in [2.75, 3.05) is 32.8 Å². The van der Waals surface area contributed by atoms with Gasteiger partial charge in [-0.1, -0.05) is 0 Å². The molecule has 0 aliphatic carbocycles. The predicted molar refractivity (Wildman–Crippen MR) is 70.6 cm³/mol. The van der Waals surface area contributed by atoms with Crippen LogP contribution in [-0.4, -0.2) is 44.5 Å². The number of amides is 1. The summed E-state index contributed by atoms with van der Waals surface area (Å²) < 4.78 is 10.7. The first-order valence-electron chi connectivity index (χ1n) is 6.73. The van der Waals surface area contributed by atoms with E-state index in [0.29, 0.717) is 19.1 Å². The van der Waals surface area contributed by atoms with E-state index in [4.69, 9.17) is 9.47 Å². The molecule has 5 heteroatoms. The van der Waals surface area contributed by atoms with Gasteiger partial charge in [0, 0.05) is 13.2 Å². The molecule has 106 valence electrons. The van der Waals surface area contributed by atoms with Gasteiger partial charge in [0.15, 0.2) is 0 Å². The van der Waals surface area contributed by atoms with Crippen molar-refractivity contribution in [1.82, 2.24) is 10.6 Å². The van der Waals surface area contributed by atoms with Crippen molar-refractivity contribution < 1.29 is 14.3 Å². The normalized spacial score (nSPS) is 17.5. The van der Waals surface area contributed by atoms with Crippen molar-refractivity contribution in [2.45, 2.75) is 39.2 Å². The first-order valence-corrected chi connectivity index (χ1v) is 6.73. The van der Waals surface area contributed by atoms with E-state index in [1.165, 1.54) is 12.8 Å². The van der Waals surface area contributed by atoms with Gasteiger partial charge in [-0.05, 0) is 52.6 Å². The molecule has 5 nitrogen and oxygen atoms in total. The number of hydrogen-bond donors (Lipinski definition) is 2.